The second-order valence-corrected chi connectivity index (χ2v) is 1.48. The van der Waals surface area contributed by atoms with E-state index in [1.54, 1.807) is 7.11 Å². The summed E-state index contributed by atoms with van der Waals surface area (Å²) >= 11 is 0. The van der Waals surface area contributed by atoms with E-state index >= 15 is 0 Å². The first-order valence-corrected chi connectivity index (χ1v) is 2.93. The van der Waals surface area contributed by atoms with E-state index < -0.39 is 0 Å². The molecule has 0 fully saturated rings. The molecule has 0 bridgehead atoms. The Labute approximate surface area is 61.2 Å². The second kappa shape index (κ2) is 8.04. The van der Waals surface area contributed by atoms with Gasteiger partial charge in [-0.25, -0.2) is 0 Å². The van der Waals surface area contributed by atoms with Gasteiger partial charge in [-0.3, -0.25) is 0 Å². The summed E-state index contributed by atoms with van der Waals surface area (Å²) in [6.07, 6.45) is 0.504. The number of hydrogen-bond donors (Lipinski definition) is 1. The molecule has 0 unspecified atom stereocenters. The molecule has 0 aromatic heterocycles. The number of ether oxygens (including phenoxy) is 1. The molecular weight excluding hydrogens is 128 g/mol. The van der Waals surface area contributed by atoms with Crippen molar-refractivity contribution in [1.29, 1.82) is 0 Å². The maximum atomic E-state index is 8.22. The Kier molecular flexibility index (Phi) is 7.27. The molecule has 0 aromatic carbocycles. The molecule has 0 rings (SSSR count). The van der Waals surface area contributed by atoms with Gasteiger partial charge in [-0.05, 0) is 0 Å². The third-order valence-corrected chi connectivity index (χ3v) is 0.722. The molecule has 0 aromatic rings. The average molecular weight is 138 g/mol. The summed E-state index contributed by atoms with van der Waals surface area (Å²) in [6.45, 7) is 0.354. The van der Waals surface area contributed by atoms with Gasteiger partial charge in [-0.2, -0.15) is 0 Å². The highest BCUT2D eigenvalue weighted by molar-refractivity contribution is 5.11. The van der Waals surface area contributed by atoms with Crippen LogP contribution in [0, 0.1) is 23.7 Å². The van der Waals surface area contributed by atoms with E-state index in [4.69, 9.17) is 5.11 Å². The average Bonchev–Trinajstić information content (AvgIpc) is 1.97. The van der Waals surface area contributed by atoms with Gasteiger partial charge in [0.15, 0.2) is 0 Å². The first-order chi connectivity index (χ1) is 4.91. The zero-order valence-electron chi connectivity index (χ0n) is 5.98. The van der Waals surface area contributed by atoms with Gasteiger partial charge in [0, 0.05) is 7.11 Å². The maximum absolute atomic E-state index is 8.22. The molecule has 1 N–H and O–H groups in total. The molecule has 0 spiro atoms. The summed E-state index contributed by atoms with van der Waals surface area (Å²) < 4.78 is 4.68. The molecular formula is C8H10O2. The van der Waals surface area contributed by atoms with Crippen molar-refractivity contribution in [2.45, 2.75) is 6.42 Å². The lowest BCUT2D eigenvalue weighted by Gasteiger charge is -1.79. The predicted octanol–water partition coefficient (Wildman–Crippen LogP) is 0.0220. The number of aliphatic hydroxyl groups is 1. The highest BCUT2D eigenvalue weighted by Crippen LogP contribution is 1.69. The van der Waals surface area contributed by atoms with E-state index in [1.165, 1.54) is 0 Å². The van der Waals surface area contributed by atoms with Gasteiger partial charge >= 0.3 is 0 Å². The molecule has 0 heterocycles. The Morgan fingerprint density at radius 3 is 2.50 bits per heavy atom. The molecule has 0 saturated carbocycles. The van der Waals surface area contributed by atoms with E-state index in [2.05, 4.69) is 28.4 Å². The highest BCUT2D eigenvalue weighted by atomic mass is 16.5. The largest absolute Gasteiger partial charge is 0.384 e. The zero-order valence-corrected chi connectivity index (χ0v) is 5.98. The number of hydrogen-bond acceptors (Lipinski definition) is 2. The van der Waals surface area contributed by atoms with Gasteiger partial charge in [0.05, 0.1) is 6.42 Å². The third-order valence-electron chi connectivity index (χ3n) is 0.722. The monoisotopic (exact) mass is 138 g/mol. The van der Waals surface area contributed by atoms with Crippen LogP contribution in [-0.2, 0) is 4.74 Å². The normalized spacial score (nSPS) is 7.00. The molecule has 2 heteroatoms. The fourth-order valence-electron chi connectivity index (χ4n) is 0.348. The summed E-state index contributed by atoms with van der Waals surface area (Å²) in [6, 6.07) is 0. The summed E-state index contributed by atoms with van der Waals surface area (Å²) in [4.78, 5) is 0. The van der Waals surface area contributed by atoms with Crippen LogP contribution in [0.25, 0.3) is 0 Å². The zero-order chi connectivity index (χ0) is 7.66. The van der Waals surface area contributed by atoms with E-state index in [9.17, 15) is 0 Å². The van der Waals surface area contributed by atoms with E-state index in [0.29, 0.717) is 13.0 Å². The predicted molar refractivity (Wildman–Crippen MR) is 39.1 cm³/mol. The summed E-state index contributed by atoms with van der Waals surface area (Å²) in [5, 5.41) is 8.22. The van der Waals surface area contributed by atoms with Gasteiger partial charge in [-0.15, -0.1) is 0 Å². The van der Waals surface area contributed by atoms with Crippen molar-refractivity contribution in [1.82, 2.24) is 0 Å². The van der Waals surface area contributed by atoms with Gasteiger partial charge in [-0.1, -0.05) is 23.7 Å². The summed E-state index contributed by atoms with van der Waals surface area (Å²) in [5.74, 6) is 10.7. The Morgan fingerprint density at radius 1 is 1.20 bits per heavy atom. The molecule has 2 nitrogen and oxygen atoms in total. The van der Waals surface area contributed by atoms with Crippen LogP contribution in [0.2, 0.25) is 0 Å². The molecule has 0 saturated heterocycles. The number of methoxy groups -OCH3 is 1. The number of rotatable bonds is 1. The SMILES string of the molecule is COCC#CCC#CCO. The Morgan fingerprint density at radius 2 is 1.90 bits per heavy atom. The lowest BCUT2D eigenvalue weighted by Crippen LogP contribution is -1.80. The van der Waals surface area contributed by atoms with Gasteiger partial charge in [0.25, 0.3) is 0 Å². The quantitative estimate of drug-likeness (QED) is 0.518. The first kappa shape index (κ1) is 9.04. The van der Waals surface area contributed by atoms with Crippen molar-refractivity contribution in [2.24, 2.45) is 0 Å². The minimum atomic E-state index is -0.0913. The molecule has 54 valence electrons. The van der Waals surface area contributed by atoms with Crippen LogP contribution in [0.1, 0.15) is 6.42 Å². The van der Waals surface area contributed by atoms with Crippen LogP contribution >= 0.6 is 0 Å². The van der Waals surface area contributed by atoms with Crippen LogP contribution in [0.4, 0.5) is 0 Å². The van der Waals surface area contributed by atoms with Gasteiger partial charge in [0.1, 0.15) is 13.2 Å². The topological polar surface area (TPSA) is 29.5 Å². The van der Waals surface area contributed by atoms with Crippen LogP contribution in [0.3, 0.4) is 0 Å². The Hall–Kier alpha value is -0.960. The van der Waals surface area contributed by atoms with Crippen molar-refractivity contribution >= 4 is 0 Å². The van der Waals surface area contributed by atoms with Crippen LogP contribution in [0.15, 0.2) is 0 Å². The molecule has 0 aliphatic rings. The molecule has 0 atom stereocenters. The Bertz CT molecular complexity index is 175. The summed E-state index contributed by atoms with van der Waals surface area (Å²) in [5.41, 5.74) is 0. The van der Waals surface area contributed by atoms with Crippen molar-refractivity contribution in [3.8, 4) is 23.7 Å². The smallest absolute Gasteiger partial charge is 0.107 e. The molecule has 0 amide bonds. The summed E-state index contributed by atoms with van der Waals surface area (Å²) in [7, 11) is 1.59. The molecule has 0 aliphatic carbocycles. The highest BCUT2D eigenvalue weighted by Gasteiger charge is 1.67. The van der Waals surface area contributed by atoms with Crippen molar-refractivity contribution in [3.63, 3.8) is 0 Å². The fraction of sp³-hybridized carbons (Fsp3) is 0.500. The molecule has 0 aliphatic heterocycles. The van der Waals surface area contributed by atoms with Crippen LogP contribution < -0.4 is 0 Å². The Balaban J connectivity index is 3.28. The second-order valence-electron chi connectivity index (χ2n) is 1.48. The van der Waals surface area contributed by atoms with Crippen molar-refractivity contribution < 1.29 is 9.84 Å². The molecule has 0 radical (unpaired) electrons. The minimum absolute atomic E-state index is 0.0913. The van der Waals surface area contributed by atoms with E-state index in [1.807, 2.05) is 0 Å². The van der Waals surface area contributed by atoms with Crippen LogP contribution in [0.5, 0.6) is 0 Å². The number of aliphatic hydroxyl groups excluding tert-OH is 1. The third kappa shape index (κ3) is 7.04. The van der Waals surface area contributed by atoms with Crippen molar-refractivity contribution in [3.05, 3.63) is 0 Å². The maximum Gasteiger partial charge on any atom is 0.107 e. The molecule has 10 heavy (non-hydrogen) atoms. The van der Waals surface area contributed by atoms with E-state index in [-0.39, 0.29) is 6.61 Å². The first-order valence-electron chi connectivity index (χ1n) is 2.93. The lowest BCUT2D eigenvalue weighted by atomic mass is 10.4. The minimum Gasteiger partial charge on any atom is -0.384 e. The van der Waals surface area contributed by atoms with E-state index in [0.717, 1.165) is 0 Å². The van der Waals surface area contributed by atoms with Gasteiger partial charge in [0.2, 0.25) is 0 Å². The lowest BCUT2D eigenvalue weighted by molar-refractivity contribution is 0.239. The standard InChI is InChI=1S/C8H10O2/c1-10-8-6-4-2-3-5-7-9/h9H,2,7-8H2,1H3. The van der Waals surface area contributed by atoms with Crippen molar-refractivity contribution in [2.75, 3.05) is 20.3 Å². The van der Waals surface area contributed by atoms with Crippen LogP contribution in [-0.4, -0.2) is 25.4 Å². The fourth-order valence-corrected chi connectivity index (χ4v) is 0.348. The van der Waals surface area contributed by atoms with Gasteiger partial charge < -0.3 is 9.84 Å².